The van der Waals surface area contributed by atoms with Crippen molar-refractivity contribution in [3.8, 4) is 0 Å². The number of aryl methyl sites for hydroxylation is 1. The van der Waals surface area contributed by atoms with Gasteiger partial charge < -0.3 is 5.32 Å². The summed E-state index contributed by atoms with van der Waals surface area (Å²) in [6, 6.07) is 18.0. The molecule has 0 spiro atoms. The van der Waals surface area contributed by atoms with Crippen molar-refractivity contribution in [1.82, 2.24) is 0 Å². The minimum absolute atomic E-state index is 0. The average Bonchev–Trinajstić information content (AvgIpc) is 2.48. The van der Waals surface area contributed by atoms with E-state index in [0.717, 1.165) is 16.6 Å². The molecule has 112 valence electrons. The molecule has 0 aliphatic heterocycles. The van der Waals surface area contributed by atoms with Crippen LogP contribution < -0.4 is 5.32 Å². The van der Waals surface area contributed by atoms with Crippen LogP contribution in [0.4, 0.5) is 11.4 Å². The SMILES string of the molecule is Cc1ccc(Nc2cccc3cccc(S(=O)(=O)O)c23)cc1.[Mg+2]. The second-order valence-corrected chi connectivity index (χ2v) is 6.52. The minimum atomic E-state index is -4.29. The van der Waals surface area contributed by atoms with Crippen LogP contribution >= 0.6 is 0 Å². The normalized spacial score (nSPS) is 11.0. The Balaban J connectivity index is 0.00000192. The second kappa shape index (κ2) is 6.88. The van der Waals surface area contributed by atoms with Gasteiger partial charge in [-0.05, 0) is 36.6 Å². The van der Waals surface area contributed by atoms with Gasteiger partial charge in [0.1, 0.15) is 4.90 Å². The van der Waals surface area contributed by atoms with E-state index in [9.17, 15) is 13.0 Å². The molecule has 23 heavy (non-hydrogen) atoms. The van der Waals surface area contributed by atoms with Crippen LogP contribution in [0.15, 0.2) is 65.6 Å². The molecular weight excluding hydrogens is 323 g/mol. The van der Waals surface area contributed by atoms with Crippen LogP contribution in [-0.2, 0) is 10.1 Å². The van der Waals surface area contributed by atoms with Crippen LogP contribution in [0.2, 0.25) is 0 Å². The Kier molecular flexibility index (Phi) is 5.31. The van der Waals surface area contributed by atoms with Crippen LogP contribution in [0.1, 0.15) is 5.56 Å². The summed E-state index contributed by atoms with van der Waals surface area (Å²) in [4.78, 5) is -0.0970. The summed E-state index contributed by atoms with van der Waals surface area (Å²) in [5.74, 6) is 0. The Bertz CT molecular complexity index is 932. The van der Waals surface area contributed by atoms with Crippen molar-refractivity contribution in [2.24, 2.45) is 0 Å². The van der Waals surface area contributed by atoms with Crippen LogP contribution in [0.25, 0.3) is 10.8 Å². The van der Waals surface area contributed by atoms with Crippen LogP contribution in [0.3, 0.4) is 0 Å². The van der Waals surface area contributed by atoms with Gasteiger partial charge in [-0.25, -0.2) is 0 Å². The van der Waals surface area contributed by atoms with Crippen molar-refractivity contribution >= 4 is 55.3 Å². The molecule has 3 aromatic carbocycles. The van der Waals surface area contributed by atoms with E-state index in [1.54, 1.807) is 12.1 Å². The van der Waals surface area contributed by atoms with E-state index in [1.807, 2.05) is 49.4 Å². The molecule has 3 rings (SSSR count). The first-order valence-corrected chi connectivity index (χ1v) is 8.22. The minimum Gasteiger partial charge on any atom is -0.355 e. The summed E-state index contributed by atoms with van der Waals surface area (Å²) in [5.41, 5.74) is 2.62. The van der Waals surface area contributed by atoms with Crippen LogP contribution in [0, 0.1) is 6.92 Å². The van der Waals surface area contributed by atoms with Crippen molar-refractivity contribution in [3.63, 3.8) is 0 Å². The third-order valence-electron chi connectivity index (χ3n) is 3.47. The van der Waals surface area contributed by atoms with Gasteiger partial charge in [-0.2, -0.15) is 8.42 Å². The number of hydrogen-bond acceptors (Lipinski definition) is 3. The summed E-state index contributed by atoms with van der Waals surface area (Å²) in [5, 5.41) is 4.43. The Morgan fingerprint density at radius 3 is 2.13 bits per heavy atom. The van der Waals surface area contributed by atoms with Gasteiger partial charge in [-0.1, -0.05) is 42.0 Å². The fourth-order valence-electron chi connectivity index (χ4n) is 2.42. The number of benzene rings is 3. The summed E-state index contributed by atoms with van der Waals surface area (Å²) < 4.78 is 32.7. The first-order valence-electron chi connectivity index (χ1n) is 6.78. The van der Waals surface area contributed by atoms with E-state index < -0.39 is 10.1 Å². The first-order chi connectivity index (χ1) is 10.4. The smallest absolute Gasteiger partial charge is 0.355 e. The fourth-order valence-corrected chi connectivity index (χ4v) is 3.15. The Hall–Kier alpha value is -1.60. The second-order valence-electron chi connectivity index (χ2n) is 5.13. The third kappa shape index (κ3) is 3.84. The topological polar surface area (TPSA) is 66.4 Å². The number of hydrogen-bond donors (Lipinski definition) is 2. The number of anilines is 2. The zero-order valence-corrected chi connectivity index (χ0v) is 14.9. The van der Waals surface area contributed by atoms with Crippen molar-refractivity contribution in [3.05, 3.63) is 66.2 Å². The van der Waals surface area contributed by atoms with Gasteiger partial charge in [0.15, 0.2) is 0 Å². The van der Waals surface area contributed by atoms with Crippen molar-refractivity contribution < 1.29 is 13.0 Å². The van der Waals surface area contributed by atoms with E-state index in [2.05, 4.69) is 5.32 Å². The van der Waals surface area contributed by atoms with Gasteiger partial charge in [0, 0.05) is 16.8 Å². The van der Waals surface area contributed by atoms with Crippen molar-refractivity contribution in [2.45, 2.75) is 11.8 Å². The third-order valence-corrected chi connectivity index (χ3v) is 4.37. The zero-order chi connectivity index (χ0) is 15.7. The van der Waals surface area contributed by atoms with Crippen molar-refractivity contribution in [1.29, 1.82) is 0 Å². The molecule has 0 heterocycles. The molecule has 6 heteroatoms. The Morgan fingerprint density at radius 2 is 1.52 bits per heavy atom. The molecule has 0 radical (unpaired) electrons. The maximum atomic E-state index is 11.6. The predicted molar refractivity (Wildman–Crippen MR) is 94.0 cm³/mol. The largest absolute Gasteiger partial charge is 2.00 e. The number of nitrogens with one attached hydrogen (secondary N) is 1. The molecule has 3 aromatic rings. The van der Waals surface area contributed by atoms with Crippen LogP contribution in [0.5, 0.6) is 0 Å². The molecule has 2 N–H and O–H groups in total. The number of fused-ring (bicyclic) bond motifs is 1. The molecule has 0 amide bonds. The zero-order valence-electron chi connectivity index (χ0n) is 12.7. The Morgan fingerprint density at radius 1 is 0.913 bits per heavy atom. The van der Waals surface area contributed by atoms with Gasteiger partial charge in [0.25, 0.3) is 10.1 Å². The monoisotopic (exact) mass is 337 g/mol. The van der Waals surface area contributed by atoms with Gasteiger partial charge in [-0.15, -0.1) is 0 Å². The van der Waals surface area contributed by atoms with Crippen LogP contribution in [-0.4, -0.2) is 36.0 Å². The molecule has 0 saturated carbocycles. The Labute approximate surface area is 151 Å². The van der Waals surface area contributed by atoms with Gasteiger partial charge >= 0.3 is 23.1 Å². The number of rotatable bonds is 3. The quantitative estimate of drug-likeness (QED) is 0.564. The maximum absolute atomic E-state index is 11.6. The fraction of sp³-hybridized carbons (Fsp3) is 0.0588. The van der Waals surface area contributed by atoms with E-state index in [-0.39, 0.29) is 27.9 Å². The van der Waals surface area contributed by atoms with E-state index >= 15 is 0 Å². The molecular formula is C17H15MgNO3S+2. The van der Waals surface area contributed by atoms with E-state index in [4.69, 9.17) is 0 Å². The molecule has 0 saturated heterocycles. The van der Waals surface area contributed by atoms with E-state index in [0.29, 0.717) is 11.1 Å². The summed E-state index contributed by atoms with van der Waals surface area (Å²) in [6.45, 7) is 2.00. The maximum Gasteiger partial charge on any atom is 2.00 e. The van der Waals surface area contributed by atoms with Gasteiger partial charge in [0.05, 0.1) is 0 Å². The molecule has 0 unspecified atom stereocenters. The van der Waals surface area contributed by atoms with Gasteiger partial charge in [-0.3, -0.25) is 4.55 Å². The van der Waals surface area contributed by atoms with Crippen molar-refractivity contribution in [2.75, 3.05) is 5.32 Å². The van der Waals surface area contributed by atoms with E-state index in [1.165, 1.54) is 6.07 Å². The molecule has 0 aliphatic carbocycles. The summed E-state index contributed by atoms with van der Waals surface area (Å²) in [6.07, 6.45) is 0. The summed E-state index contributed by atoms with van der Waals surface area (Å²) in [7, 11) is -4.29. The molecule has 0 aliphatic rings. The first kappa shape index (κ1) is 17.7. The molecule has 0 bridgehead atoms. The predicted octanol–water partition coefficient (Wildman–Crippen LogP) is 3.76. The van der Waals surface area contributed by atoms with Gasteiger partial charge in [0.2, 0.25) is 0 Å². The summed E-state index contributed by atoms with van der Waals surface area (Å²) >= 11 is 0. The average molecular weight is 338 g/mol. The standard InChI is InChI=1S/C17H15NO3S.Mg/c1-12-8-10-14(11-9-12)18-15-6-2-4-13-5-3-7-16(17(13)15)22(19,20)21;/h2-11,18H,1H3,(H,19,20,21);/q;+2. The molecule has 4 nitrogen and oxygen atoms in total. The molecule has 0 aromatic heterocycles. The molecule has 0 fully saturated rings. The molecule has 0 atom stereocenters.